The van der Waals surface area contributed by atoms with Crippen LogP contribution in [0, 0.1) is 6.92 Å². The summed E-state index contributed by atoms with van der Waals surface area (Å²) in [5, 5.41) is 5.49. The van der Waals surface area contributed by atoms with Crippen LogP contribution in [0.15, 0.2) is 52.9 Å². The van der Waals surface area contributed by atoms with Gasteiger partial charge in [-0.1, -0.05) is 30.3 Å². The molecule has 0 bridgehead atoms. The Kier molecular flexibility index (Phi) is 3.89. The van der Waals surface area contributed by atoms with Gasteiger partial charge in [-0.25, -0.2) is 4.98 Å². The van der Waals surface area contributed by atoms with Gasteiger partial charge in [0.2, 0.25) is 0 Å². The molecule has 0 atom stereocenters. The lowest BCUT2D eigenvalue weighted by Crippen LogP contribution is -2.25. The van der Waals surface area contributed by atoms with E-state index in [-0.39, 0.29) is 24.1 Å². The van der Waals surface area contributed by atoms with Crippen molar-refractivity contribution in [3.63, 3.8) is 0 Å². The van der Waals surface area contributed by atoms with Gasteiger partial charge in [-0.05, 0) is 12.1 Å². The van der Waals surface area contributed by atoms with Gasteiger partial charge in [-0.2, -0.15) is 0 Å². The lowest BCUT2D eigenvalue weighted by molar-refractivity contribution is -0.118. The second-order valence-corrected chi connectivity index (χ2v) is 5.78. The molecule has 130 valence electrons. The average molecular weight is 349 g/mol. The van der Waals surface area contributed by atoms with Crippen LogP contribution in [0.1, 0.15) is 16.4 Å². The Hall–Kier alpha value is -3.61. The van der Waals surface area contributed by atoms with Crippen molar-refractivity contribution in [2.24, 2.45) is 0 Å². The standard InChI is InChI=1S/C19H15N3O4/c1-11-20-17(18(26-11)12-5-3-2-4-6-12)19(24)21-13-7-8-14-15(9-13)25-10-16(23)22-14/h2-9H,10H2,1H3,(H,21,24)(H,22,23). The molecule has 0 aliphatic carbocycles. The summed E-state index contributed by atoms with van der Waals surface area (Å²) in [5.74, 6) is 0.731. The van der Waals surface area contributed by atoms with Crippen molar-refractivity contribution >= 4 is 23.2 Å². The number of benzene rings is 2. The Labute approximate surface area is 149 Å². The number of amides is 2. The molecule has 0 spiro atoms. The molecule has 7 nitrogen and oxygen atoms in total. The molecule has 0 saturated carbocycles. The van der Waals surface area contributed by atoms with E-state index in [4.69, 9.17) is 9.15 Å². The van der Waals surface area contributed by atoms with Crippen LogP contribution in [0.3, 0.4) is 0 Å². The number of aryl methyl sites for hydroxylation is 1. The van der Waals surface area contributed by atoms with Gasteiger partial charge < -0.3 is 19.8 Å². The minimum Gasteiger partial charge on any atom is -0.482 e. The first-order valence-corrected chi connectivity index (χ1v) is 8.01. The number of nitrogens with zero attached hydrogens (tertiary/aromatic N) is 1. The normalized spacial score (nSPS) is 12.7. The lowest BCUT2D eigenvalue weighted by atomic mass is 10.1. The summed E-state index contributed by atoms with van der Waals surface area (Å²) < 4.78 is 11.0. The van der Waals surface area contributed by atoms with Crippen LogP contribution in [-0.4, -0.2) is 23.4 Å². The quantitative estimate of drug-likeness (QED) is 0.757. The van der Waals surface area contributed by atoms with Gasteiger partial charge in [-0.15, -0.1) is 0 Å². The molecule has 2 heterocycles. The third kappa shape index (κ3) is 3.02. The van der Waals surface area contributed by atoms with E-state index >= 15 is 0 Å². The van der Waals surface area contributed by atoms with E-state index in [2.05, 4.69) is 15.6 Å². The second kappa shape index (κ2) is 6.36. The van der Waals surface area contributed by atoms with E-state index in [9.17, 15) is 9.59 Å². The highest BCUT2D eigenvalue weighted by Gasteiger charge is 2.21. The molecule has 2 N–H and O–H groups in total. The van der Waals surface area contributed by atoms with Gasteiger partial charge in [0.1, 0.15) is 5.75 Å². The number of hydrogen-bond acceptors (Lipinski definition) is 5. The summed E-state index contributed by atoms with van der Waals surface area (Å²) in [5.41, 5.74) is 2.08. The van der Waals surface area contributed by atoms with Gasteiger partial charge in [0.25, 0.3) is 11.8 Å². The topological polar surface area (TPSA) is 93.5 Å². The van der Waals surface area contributed by atoms with Crippen LogP contribution in [0.25, 0.3) is 11.3 Å². The molecule has 2 aromatic carbocycles. The van der Waals surface area contributed by atoms with Crippen molar-refractivity contribution in [3.8, 4) is 17.1 Å². The molecule has 4 rings (SSSR count). The van der Waals surface area contributed by atoms with Gasteiger partial charge >= 0.3 is 0 Å². The zero-order valence-electron chi connectivity index (χ0n) is 13.9. The molecule has 26 heavy (non-hydrogen) atoms. The Balaban J connectivity index is 1.61. The number of nitrogens with one attached hydrogen (secondary N) is 2. The predicted octanol–water partition coefficient (Wildman–Crippen LogP) is 3.23. The first-order valence-electron chi connectivity index (χ1n) is 8.01. The van der Waals surface area contributed by atoms with Crippen molar-refractivity contribution in [1.82, 2.24) is 4.98 Å². The van der Waals surface area contributed by atoms with Crippen LogP contribution in [-0.2, 0) is 4.79 Å². The SMILES string of the molecule is Cc1nc(C(=O)Nc2ccc3c(c2)OCC(=O)N3)c(-c2ccccc2)o1. The number of fused-ring (bicyclic) bond motifs is 1. The van der Waals surface area contributed by atoms with Gasteiger partial charge in [0.05, 0.1) is 5.69 Å². The number of aromatic nitrogens is 1. The predicted molar refractivity (Wildman–Crippen MR) is 95.2 cm³/mol. The molecule has 0 unspecified atom stereocenters. The minimum atomic E-state index is -0.388. The molecule has 0 radical (unpaired) electrons. The number of carbonyl (C=O) groups is 2. The fourth-order valence-electron chi connectivity index (χ4n) is 2.71. The molecule has 0 fully saturated rings. The Morgan fingerprint density at radius 3 is 2.81 bits per heavy atom. The van der Waals surface area contributed by atoms with Crippen molar-refractivity contribution in [2.45, 2.75) is 6.92 Å². The van der Waals surface area contributed by atoms with Gasteiger partial charge in [0.15, 0.2) is 24.0 Å². The lowest BCUT2D eigenvalue weighted by Gasteiger charge is -2.18. The summed E-state index contributed by atoms with van der Waals surface area (Å²) in [7, 11) is 0. The molecule has 2 amide bonds. The van der Waals surface area contributed by atoms with Crippen molar-refractivity contribution in [1.29, 1.82) is 0 Å². The summed E-state index contributed by atoms with van der Waals surface area (Å²) >= 11 is 0. The van der Waals surface area contributed by atoms with Crippen LogP contribution < -0.4 is 15.4 Å². The molecule has 1 aromatic heterocycles. The van der Waals surface area contributed by atoms with E-state index in [0.29, 0.717) is 28.8 Å². The maximum absolute atomic E-state index is 12.7. The van der Waals surface area contributed by atoms with Crippen molar-refractivity contribution in [2.75, 3.05) is 17.2 Å². The highest BCUT2D eigenvalue weighted by molar-refractivity contribution is 6.07. The van der Waals surface area contributed by atoms with E-state index < -0.39 is 0 Å². The highest BCUT2D eigenvalue weighted by atomic mass is 16.5. The zero-order valence-corrected chi connectivity index (χ0v) is 13.9. The summed E-state index contributed by atoms with van der Waals surface area (Å²) in [4.78, 5) is 28.2. The van der Waals surface area contributed by atoms with E-state index in [0.717, 1.165) is 5.56 Å². The second-order valence-electron chi connectivity index (χ2n) is 5.78. The Morgan fingerprint density at radius 2 is 2.00 bits per heavy atom. The summed E-state index contributed by atoms with van der Waals surface area (Å²) in [6.07, 6.45) is 0. The minimum absolute atomic E-state index is 0.0506. The number of oxazole rings is 1. The molecular formula is C19H15N3O4. The van der Waals surface area contributed by atoms with E-state index in [1.54, 1.807) is 25.1 Å². The number of ether oxygens (including phenoxy) is 1. The molecule has 1 aliphatic heterocycles. The Bertz CT molecular complexity index is 995. The van der Waals surface area contributed by atoms with Crippen molar-refractivity contribution < 1.29 is 18.7 Å². The number of anilines is 2. The fourth-order valence-corrected chi connectivity index (χ4v) is 2.71. The zero-order chi connectivity index (χ0) is 18.1. The fraction of sp³-hybridized carbons (Fsp3) is 0.105. The van der Waals surface area contributed by atoms with Gasteiger partial charge in [-0.3, -0.25) is 9.59 Å². The summed E-state index contributed by atoms with van der Waals surface area (Å²) in [6, 6.07) is 14.3. The Morgan fingerprint density at radius 1 is 1.19 bits per heavy atom. The van der Waals surface area contributed by atoms with Gasteiger partial charge in [0, 0.05) is 24.2 Å². The number of hydrogen-bond donors (Lipinski definition) is 2. The molecular weight excluding hydrogens is 334 g/mol. The summed E-state index contributed by atoms with van der Waals surface area (Å²) in [6.45, 7) is 1.64. The molecule has 1 aliphatic rings. The van der Waals surface area contributed by atoms with Crippen LogP contribution >= 0.6 is 0 Å². The average Bonchev–Trinajstić information content (AvgIpc) is 3.04. The smallest absolute Gasteiger partial charge is 0.278 e. The third-order valence-electron chi connectivity index (χ3n) is 3.86. The highest BCUT2D eigenvalue weighted by Crippen LogP contribution is 2.31. The maximum Gasteiger partial charge on any atom is 0.278 e. The van der Waals surface area contributed by atoms with Crippen LogP contribution in [0.2, 0.25) is 0 Å². The molecule has 7 heteroatoms. The molecule has 3 aromatic rings. The number of rotatable bonds is 3. The van der Waals surface area contributed by atoms with E-state index in [1.165, 1.54) is 0 Å². The number of carbonyl (C=O) groups excluding carboxylic acids is 2. The van der Waals surface area contributed by atoms with Crippen LogP contribution in [0.4, 0.5) is 11.4 Å². The maximum atomic E-state index is 12.7. The molecule has 0 saturated heterocycles. The monoisotopic (exact) mass is 349 g/mol. The third-order valence-corrected chi connectivity index (χ3v) is 3.86. The van der Waals surface area contributed by atoms with E-state index in [1.807, 2.05) is 30.3 Å². The first kappa shape index (κ1) is 15.9. The van der Waals surface area contributed by atoms with Crippen molar-refractivity contribution in [3.05, 3.63) is 60.1 Å². The van der Waals surface area contributed by atoms with Crippen LogP contribution in [0.5, 0.6) is 5.75 Å². The largest absolute Gasteiger partial charge is 0.482 e. The first-order chi connectivity index (χ1) is 12.6.